The van der Waals surface area contributed by atoms with Crippen LogP contribution in [0.25, 0.3) is 0 Å². The Balaban J connectivity index is 1.42. The Bertz CT molecular complexity index is 832. The second kappa shape index (κ2) is 9.46. The SMILES string of the molecule is NC(=O)c1cccc(CN2CCC(C(=O)NCCc3ccccc3F)CC2)c1. The molecule has 2 aromatic rings. The Hall–Kier alpha value is -2.73. The second-order valence-electron chi connectivity index (χ2n) is 7.25. The molecule has 1 aliphatic heterocycles. The summed E-state index contributed by atoms with van der Waals surface area (Å²) < 4.78 is 13.6. The minimum Gasteiger partial charge on any atom is -0.366 e. The third kappa shape index (κ3) is 5.39. The van der Waals surface area contributed by atoms with Crippen molar-refractivity contribution in [1.82, 2.24) is 10.2 Å². The maximum Gasteiger partial charge on any atom is 0.248 e. The molecule has 0 saturated carbocycles. The van der Waals surface area contributed by atoms with E-state index < -0.39 is 5.91 Å². The Morgan fingerprint density at radius 1 is 1.11 bits per heavy atom. The molecule has 0 radical (unpaired) electrons. The van der Waals surface area contributed by atoms with Crippen LogP contribution in [0.15, 0.2) is 48.5 Å². The van der Waals surface area contributed by atoms with Crippen LogP contribution < -0.4 is 11.1 Å². The highest BCUT2D eigenvalue weighted by Crippen LogP contribution is 2.19. The fourth-order valence-electron chi connectivity index (χ4n) is 3.60. The molecule has 1 heterocycles. The molecule has 28 heavy (non-hydrogen) atoms. The number of primary amides is 1. The summed E-state index contributed by atoms with van der Waals surface area (Å²) in [6.07, 6.45) is 2.08. The van der Waals surface area contributed by atoms with Crippen molar-refractivity contribution in [1.29, 1.82) is 0 Å². The van der Waals surface area contributed by atoms with Crippen LogP contribution in [0.2, 0.25) is 0 Å². The fourth-order valence-corrected chi connectivity index (χ4v) is 3.60. The van der Waals surface area contributed by atoms with Gasteiger partial charge in [-0.15, -0.1) is 0 Å². The Morgan fingerprint density at radius 3 is 2.57 bits per heavy atom. The van der Waals surface area contributed by atoms with Crippen LogP contribution in [0.3, 0.4) is 0 Å². The second-order valence-corrected chi connectivity index (χ2v) is 7.25. The van der Waals surface area contributed by atoms with E-state index in [1.165, 1.54) is 6.07 Å². The summed E-state index contributed by atoms with van der Waals surface area (Å²) in [6.45, 7) is 2.83. The van der Waals surface area contributed by atoms with Crippen molar-refractivity contribution >= 4 is 11.8 Å². The molecule has 5 nitrogen and oxygen atoms in total. The third-order valence-corrected chi connectivity index (χ3v) is 5.23. The number of benzene rings is 2. The zero-order chi connectivity index (χ0) is 19.9. The lowest BCUT2D eigenvalue weighted by atomic mass is 9.95. The van der Waals surface area contributed by atoms with Gasteiger partial charge in [-0.2, -0.15) is 0 Å². The molecule has 148 valence electrons. The van der Waals surface area contributed by atoms with Gasteiger partial charge < -0.3 is 11.1 Å². The molecule has 2 amide bonds. The molecule has 0 aromatic heterocycles. The normalized spacial score (nSPS) is 15.3. The zero-order valence-corrected chi connectivity index (χ0v) is 15.9. The van der Waals surface area contributed by atoms with Crippen molar-refractivity contribution in [3.8, 4) is 0 Å². The lowest BCUT2D eigenvalue weighted by Gasteiger charge is -2.31. The molecule has 0 bridgehead atoms. The molecular weight excluding hydrogens is 357 g/mol. The van der Waals surface area contributed by atoms with Gasteiger partial charge in [0.25, 0.3) is 0 Å². The van der Waals surface area contributed by atoms with E-state index >= 15 is 0 Å². The van der Waals surface area contributed by atoms with Gasteiger partial charge in [-0.3, -0.25) is 14.5 Å². The van der Waals surface area contributed by atoms with Crippen LogP contribution in [-0.4, -0.2) is 36.3 Å². The summed E-state index contributed by atoms with van der Waals surface area (Å²) in [4.78, 5) is 26.0. The number of nitrogens with two attached hydrogens (primary N) is 1. The minimum absolute atomic E-state index is 0.00572. The molecular formula is C22H26FN3O2. The van der Waals surface area contributed by atoms with E-state index in [-0.39, 0.29) is 17.6 Å². The molecule has 1 aliphatic rings. The minimum atomic E-state index is -0.424. The van der Waals surface area contributed by atoms with Crippen molar-refractivity contribution in [2.75, 3.05) is 19.6 Å². The zero-order valence-electron chi connectivity index (χ0n) is 15.9. The van der Waals surface area contributed by atoms with Crippen molar-refractivity contribution in [2.45, 2.75) is 25.8 Å². The largest absolute Gasteiger partial charge is 0.366 e. The quantitative estimate of drug-likeness (QED) is 0.771. The molecule has 0 unspecified atom stereocenters. The van der Waals surface area contributed by atoms with E-state index in [1.54, 1.807) is 24.3 Å². The topological polar surface area (TPSA) is 75.4 Å². The lowest BCUT2D eigenvalue weighted by Crippen LogP contribution is -2.40. The molecule has 1 fully saturated rings. The standard InChI is InChI=1S/C22H26FN3O2/c23-20-7-2-1-5-17(20)8-11-25-22(28)18-9-12-26(13-10-18)15-16-4-3-6-19(14-16)21(24)27/h1-7,14,18H,8-13,15H2,(H2,24,27)(H,25,28). The average Bonchev–Trinajstić information content (AvgIpc) is 2.70. The summed E-state index contributed by atoms with van der Waals surface area (Å²) in [6, 6.07) is 14.0. The number of nitrogens with one attached hydrogen (secondary N) is 1. The maximum absolute atomic E-state index is 13.6. The molecule has 0 atom stereocenters. The number of carbonyl (C=O) groups excluding carboxylic acids is 2. The van der Waals surface area contributed by atoms with Crippen LogP contribution in [-0.2, 0) is 17.8 Å². The highest BCUT2D eigenvalue weighted by Gasteiger charge is 2.24. The van der Waals surface area contributed by atoms with Crippen molar-refractivity contribution in [2.24, 2.45) is 11.7 Å². The summed E-state index contributed by atoms with van der Waals surface area (Å²) in [5.74, 6) is -0.612. The number of piperidine rings is 1. The molecule has 2 aromatic carbocycles. The highest BCUT2D eigenvalue weighted by atomic mass is 19.1. The van der Waals surface area contributed by atoms with E-state index in [2.05, 4.69) is 10.2 Å². The Morgan fingerprint density at radius 2 is 1.86 bits per heavy atom. The van der Waals surface area contributed by atoms with Crippen LogP contribution in [0, 0.1) is 11.7 Å². The first-order valence-electron chi connectivity index (χ1n) is 9.65. The molecule has 1 saturated heterocycles. The maximum atomic E-state index is 13.6. The number of amides is 2. The van der Waals surface area contributed by atoms with Gasteiger partial charge in [-0.05, 0) is 61.7 Å². The molecule has 0 aliphatic carbocycles. The van der Waals surface area contributed by atoms with E-state index in [9.17, 15) is 14.0 Å². The first kappa shape index (κ1) is 20.0. The van der Waals surface area contributed by atoms with E-state index in [0.29, 0.717) is 24.1 Å². The fraction of sp³-hybridized carbons (Fsp3) is 0.364. The number of carbonyl (C=O) groups is 2. The number of nitrogens with zero attached hydrogens (tertiary/aromatic N) is 1. The molecule has 3 rings (SSSR count). The van der Waals surface area contributed by atoms with Gasteiger partial charge in [0.1, 0.15) is 5.82 Å². The van der Waals surface area contributed by atoms with E-state index in [0.717, 1.165) is 38.0 Å². The van der Waals surface area contributed by atoms with Gasteiger partial charge in [-0.1, -0.05) is 30.3 Å². The average molecular weight is 383 g/mol. The Labute approximate surface area is 164 Å². The van der Waals surface area contributed by atoms with Crippen LogP contribution in [0.1, 0.15) is 34.3 Å². The van der Waals surface area contributed by atoms with Crippen LogP contribution >= 0.6 is 0 Å². The van der Waals surface area contributed by atoms with E-state index in [1.807, 2.05) is 18.2 Å². The Kier molecular flexibility index (Phi) is 6.76. The first-order valence-corrected chi connectivity index (χ1v) is 9.65. The van der Waals surface area contributed by atoms with Crippen molar-refractivity contribution in [3.63, 3.8) is 0 Å². The van der Waals surface area contributed by atoms with Crippen molar-refractivity contribution < 1.29 is 14.0 Å². The first-order chi connectivity index (χ1) is 13.5. The smallest absolute Gasteiger partial charge is 0.248 e. The predicted octanol–water partition coefficient (Wildman–Crippen LogP) is 2.50. The van der Waals surface area contributed by atoms with Crippen LogP contribution in [0.5, 0.6) is 0 Å². The molecule has 6 heteroatoms. The number of hydrogen-bond acceptors (Lipinski definition) is 3. The van der Waals surface area contributed by atoms with Gasteiger partial charge in [0.15, 0.2) is 0 Å². The van der Waals surface area contributed by atoms with Gasteiger partial charge in [-0.25, -0.2) is 4.39 Å². The number of likely N-dealkylation sites (tertiary alicyclic amines) is 1. The van der Waals surface area contributed by atoms with Crippen molar-refractivity contribution in [3.05, 3.63) is 71.0 Å². The van der Waals surface area contributed by atoms with Gasteiger partial charge >= 0.3 is 0 Å². The lowest BCUT2D eigenvalue weighted by molar-refractivity contribution is -0.126. The summed E-state index contributed by atoms with van der Waals surface area (Å²) in [7, 11) is 0. The van der Waals surface area contributed by atoms with Gasteiger partial charge in [0, 0.05) is 24.6 Å². The monoisotopic (exact) mass is 383 g/mol. The summed E-state index contributed by atoms with van der Waals surface area (Å²) in [5.41, 5.74) is 7.52. The number of halogens is 1. The number of hydrogen-bond donors (Lipinski definition) is 2. The third-order valence-electron chi connectivity index (χ3n) is 5.23. The molecule has 0 spiro atoms. The predicted molar refractivity (Wildman–Crippen MR) is 106 cm³/mol. The number of rotatable bonds is 7. The summed E-state index contributed by atoms with van der Waals surface area (Å²) in [5, 5.41) is 2.94. The van der Waals surface area contributed by atoms with Gasteiger partial charge in [0.05, 0.1) is 0 Å². The summed E-state index contributed by atoms with van der Waals surface area (Å²) >= 11 is 0. The van der Waals surface area contributed by atoms with Crippen LogP contribution in [0.4, 0.5) is 4.39 Å². The highest BCUT2D eigenvalue weighted by molar-refractivity contribution is 5.92. The molecule has 3 N–H and O–H groups in total. The van der Waals surface area contributed by atoms with E-state index in [4.69, 9.17) is 5.73 Å². The van der Waals surface area contributed by atoms with Gasteiger partial charge in [0.2, 0.25) is 11.8 Å².